The Morgan fingerprint density at radius 3 is 2.80 bits per heavy atom. The molecule has 25 heavy (non-hydrogen) atoms. The van der Waals surface area contributed by atoms with Crippen LogP contribution in [0.25, 0.3) is 0 Å². The van der Waals surface area contributed by atoms with Gasteiger partial charge in [0.15, 0.2) is 5.76 Å². The van der Waals surface area contributed by atoms with Gasteiger partial charge < -0.3 is 19.0 Å². The molecule has 1 fully saturated rings. The van der Waals surface area contributed by atoms with Crippen LogP contribution in [-0.2, 0) is 0 Å². The van der Waals surface area contributed by atoms with Crippen molar-refractivity contribution < 1.29 is 13.9 Å². The standard InChI is InChI=1S/C19H22N2O4/c1-20(19(23)17-10-16(22)18(24-2)13-25-17)11-14-8-9-21(12-14)15-6-4-3-5-7-15/h3-7,10,13-14H,8-9,11-12H2,1-2H3. The second-order valence-corrected chi connectivity index (χ2v) is 6.30. The Morgan fingerprint density at radius 2 is 2.12 bits per heavy atom. The number of anilines is 1. The van der Waals surface area contributed by atoms with Gasteiger partial charge in [-0.25, -0.2) is 0 Å². The molecule has 6 nitrogen and oxygen atoms in total. The summed E-state index contributed by atoms with van der Waals surface area (Å²) in [5.41, 5.74) is 0.849. The molecule has 0 saturated carbocycles. The van der Waals surface area contributed by atoms with Gasteiger partial charge in [0.1, 0.15) is 6.26 Å². The second-order valence-electron chi connectivity index (χ2n) is 6.30. The average Bonchev–Trinajstić information content (AvgIpc) is 3.10. The fourth-order valence-corrected chi connectivity index (χ4v) is 3.17. The highest BCUT2D eigenvalue weighted by atomic mass is 16.5. The van der Waals surface area contributed by atoms with Gasteiger partial charge in [0, 0.05) is 38.4 Å². The van der Waals surface area contributed by atoms with Crippen molar-refractivity contribution in [3.05, 3.63) is 58.6 Å². The largest absolute Gasteiger partial charge is 0.490 e. The molecule has 2 aromatic rings. The van der Waals surface area contributed by atoms with Crippen molar-refractivity contribution in [2.24, 2.45) is 5.92 Å². The Balaban J connectivity index is 1.61. The number of ether oxygens (including phenoxy) is 1. The van der Waals surface area contributed by atoms with Crippen LogP contribution in [0.5, 0.6) is 5.75 Å². The fourth-order valence-electron chi connectivity index (χ4n) is 3.17. The second kappa shape index (κ2) is 7.42. The lowest BCUT2D eigenvalue weighted by molar-refractivity contribution is 0.0741. The maximum atomic E-state index is 12.5. The Labute approximate surface area is 146 Å². The van der Waals surface area contributed by atoms with Crippen LogP contribution in [0.4, 0.5) is 5.69 Å². The maximum absolute atomic E-state index is 12.5. The minimum Gasteiger partial charge on any atom is -0.490 e. The molecule has 1 amide bonds. The van der Waals surface area contributed by atoms with Crippen LogP contribution >= 0.6 is 0 Å². The molecule has 2 heterocycles. The summed E-state index contributed by atoms with van der Waals surface area (Å²) in [7, 11) is 3.12. The number of nitrogens with zero attached hydrogens (tertiary/aromatic N) is 2. The molecular formula is C19H22N2O4. The van der Waals surface area contributed by atoms with E-state index in [4.69, 9.17) is 9.15 Å². The average molecular weight is 342 g/mol. The zero-order chi connectivity index (χ0) is 17.8. The molecule has 0 aliphatic carbocycles. The lowest BCUT2D eigenvalue weighted by Gasteiger charge is -2.22. The molecule has 1 unspecified atom stereocenters. The van der Waals surface area contributed by atoms with Gasteiger partial charge in [0.2, 0.25) is 11.2 Å². The summed E-state index contributed by atoms with van der Waals surface area (Å²) in [6.45, 7) is 2.51. The first-order valence-electron chi connectivity index (χ1n) is 8.31. The summed E-state index contributed by atoms with van der Waals surface area (Å²) in [5, 5.41) is 0. The van der Waals surface area contributed by atoms with Crippen molar-refractivity contribution in [1.29, 1.82) is 0 Å². The van der Waals surface area contributed by atoms with Crippen LogP contribution in [0.15, 0.2) is 51.9 Å². The lowest BCUT2D eigenvalue weighted by Crippen LogP contribution is -2.33. The zero-order valence-corrected chi connectivity index (χ0v) is 14.5. The van der Waals surface area contributed by atoms with Crippen LogP contribution in [0.3, 0.4) is 0 Å². The molecule has 1 aromatic carbocycles. The zero-order valence-electron chi connectivity index (χ0n) is 14.5. The number of benzene rings is 1. The van der Waals surface area contributed by atoms with Crippen LogP contribution in [0.2, 0.25) is 0 Å². The number of rotatable bonds is 5. The number of hydrogen-bond donors (Lipinski definition) is 0. The van der Waals surface area contributed by atoms with E-state index in [1.54, 1.807) is 11.9 Å². The minimum absolute atomic E-state index is 0.0335. The molecular weight excluding hydrogens is 320 g/mol. The first-order chi connectivity index (χ1) is 12.1. The van der Waals surface area contributed by atoms with E-state index < -0.39 is 0 Å². The summed E-state index contributed by atoms with van der Waals surface area (Å²) in [6.07, 6.45) is 2.20. The molecule has 0 bridgehead atoms. The van der Waals surface area contributed by atoms with Crippen LogP contribution in [0.1, 0.15) is 17.0 Å². The summed E-state index contributed by atoms with van der Waals surface area (Å²) in [6, 6.07) is 11.5. The van der Waals surface area contributed by atoms with E-state index in [0.29, 0.717) is 12.5 Å². The quantitative estimate of drug-likeness (QED) is 0.834. The third kappa shape index (κ3) is 3.84. The van der Waals surface area contributed by atoms with Crippen LogP contribution in [-0.4, -0.2) is 44.6 Å². The van der Waals surface area contributed by atoms with Gasteiger partial charge in [-0.1, -0.05) is 18.2 Å². The maximum Gasteiger partial charge on any atom is 0.289 e. The third-order valence-electron chi connectivity index (χ3n) is 4.51. The van der Waals surface area contributed by atoms with Crippen molar-refractivity contribution in [2.45, 2.75) is 6.42 Å². The molecule has 3 rings (SSSR count). The number of amides is 1. The van der Waals surface area contributed by atoms with Crippen molar-refractivity contribution in [3.63, 3.8) is 0 Å². The summed E-state index contributed by atoms with van der Waals surface area (Å²) in [4.78, 5) is 28.2. The predicted octanol–water partition coefficient (Wildman–Crippen LogP) is 2.25. The monoisotopic (exact) mass is 342 g/mol. The Kier molecular flexibility index (Phi) is 5.07. The van der Waals surface area contributed by atoms with Crippen LogP contribution < -0.4 is 15.1 Å². The van der Waals surface area contributed by atoms with E-state index in [1.165, 1.54) is 25.1 Å². The highest BCUT2D eigenvalue weighted by Gasteiger charge is 2.26. The van der Waals surface area contributed by atoms with E-state index in [9.17, 15) is 9.59 Å². The minimum atomic E-state index is -0.360. The van der Waals surface area contributed by atoms with E-state index in [2.05, 4.69) is 17.0 Å². The highest BCUT2D eigenvalue weighted by Crippen LogP contribution is 2.24. The van der Waals surface area contributed by atoms with Crippen molar-refractivity contribution in [1.82, 2.24) is 4.90 Å². The van der Waals surface area contributed by atoms with Gasteiger partial charge in [0.05, 0.1) is 7.11 Å². The normalized spacial score (nSPS) is 16.7. The topological polar surface area (TPSA) is 63.0 Å². The molecule has 0 spiro atoms. The molecule has 132 valence electrons. The fraction of sp³-hybridized carbons (Fsp3) is 0.368. The van der Waals surface area contributed by atoms with E-state index in [0.717, 1.165) is 19.5 Å². The first kappa shape index (κ1) is 17.1. The number of hydrogen-bond acceptors (Lipinski definition) is 5. The Hall–Kier alpha value is -2.76. The Bertz CT molecular complexity index is 788. The summed E-state index contributed by atoms with van der Waals surface area (Å²) < 4.78 is 10.1. The summed E-state index contributed by atoms with van der Waals surface area (Å²) in [5.74, 6) is 0.219. The molecule has 0 radical (unpaired) electrons. The number of carbonyl (C=O) groups is 1. The molecule has 0 N–H and O–H groups in total. The molecule has 1 aliphatic rings. The first-order valence-corrected chi connectivity index (χ1v) is 8.31. The molecule has 1 saturated heterocycles. The van der Waals surface area contributed by atoms with Gasteiger partial charge in [-0.05, 0) is 24.5 Å². The molecule has 1 aliphatic heterocycles. The van der Waals surface area contributed by atoms with Crippen molar-refractivity contribution >= 4 is 11.6 Å². The lowest BCUT2D eigenvalue weighted by atomic mass is 10.1. The molecule has 6 heteroatoms. The van der Waals surface area contributed by atoms with Gasteiger partial charge >= 0.3 is 0 Å². The third-order valence-corrected chi connectivity index (χ3v) is 4.51. The van der Waals surface area contributed by atoms with Gasteiger partial charge in [-0.2, -0.15) is 0 Å². The van der Waals surface area contributed by atoms with Gasteiger partial charge in [0.25, 0.3) is 5.91 Å². The van der Waals surface area contributed by atoms with E-state index in [-0.39, 0.29) is 22.8 Å². The van der Waals surface area contributed by atoms with Crippen molar-refractivity contribution in [3.8, 4) is 5.75 Å². The number of para-hydroxylation sites is 1. The van der Waals surface area contributed by atoms with Crippen LogP contribution in [0, 0.1) is 5.92 Å². The summed E-state index contributed by atoms with van der Waals surface area (Å²) >= 11 is 0. The highest BCUT2D eigenvalue weighted by molar-refractivity contribution is 5.91. The Morgan fingerprint density at radius 1 is 1.36 bits per heavy atom. The van der Waals surface area contributed by atoms with Gasteiger partial charge in [-0.3, -0.25) is 9.59 Å². The van der Waals surface area contributed by atoms with E-state index in [1.807, 2.05) is 18.2 Å². The number of carbonyl (C=O) groups excluding carboxylic acids is 1. The molecule has 1 aromatic heterocycles. The SMILES string of the molecule is COc1coc(C(=O)N(C)CC2CCN(c3ccccc3)C2)cc1=O. The predicted molar refractivity (Wildman–Crippen MR) is 95.3 cm³/mol. The van der Waals surface area contributed by atoms with Crippen molar-refractivity contribution in [2.75, 3.05) is 38.7 Å². The van der Waals surface area contributed by atoms with E-state index >= 15 is 0 Å². The smallest absolute Gasteiger partial charge is 0.289 e. The molecule has 1 atom stereocenters. The number of methoxy groups -OCH3 is 1. The van der Waals surface area contributed by atoms with Gasteiger partial charge in [-0.15, -0.1) is 0 Å².